The number of amides is 1. The number of carbonyl (C=O) groups is 1. The van der Waals surface area contributed by atoms with Crippen molar-refractivity contribution in [3.63, 3.8) is 0 Å². The smallest absolute Gasteiger partial charge is 0.228 e. The summed E-state index contributed by atoms with van der Waals surface area (Å²) in [6, 6.07) is 19.8. The number of aryl methyl sites for hydroxylation is 1. The van der Waals surface area contributed by atoms with Gasteiger partial charge in [0.1, 0.15) is 0 Å². The monoisotopic (exact) mass is 469 g/mol. The Morgan fingerprint density at radius 1 is 1.03 bits per heavy atom. The zero-order valence-electron chi connectivity index (χ0n) is 19.9. The van der Waals surface area contributed by atoms with Crippen LogP contribution >= 0.6 is 0 Å². The Morgan fingerprint density at radius 3 is 2.60 bits per heavy atom. The first kappa shape index (κ1) is 22.6. The Morgan fingerprint density at radius 2 is 1.86 bits per heavy atom. The predicted octanol–water partition coefficient (Wildman–Crippen LogP) is 4.86. The highest BCUT2D eigenvalue weighted by Gasteiger charge is 2.44. The zero-order valence-corrected chi connectivity index (χ0v) is 19.9. The maximum absolute atomic E-state index is 13.1. The van der Waals surface area contributed by atoms with Gasteiger partial charge in [-0.05, 0) is 75.7 Å². The van der Waals surface area contributed by atoms with Gasteiger partial charge in [-0.25, -0.2) is 5.10 Å². The van der Waals surface area contributed by atoms with Gasteiger partial charge in [0.25, 0.3) is 0 Å². The van der Waals surface area contributed by atoms with Gasteiger partial charge >= 0.3 is 0 Å². The van der Waals surface area contributed by atoms with Crippen LogP contribution in [0.1, 0.15) is 30.4 Å². The molecule has 4 aromatic rings. The van der Waals surface area contributed by atoms with Gasteiger partial charge in [-0.15, -0.1) is 5.10 Å². The second-order valence-electron chi connectivity index (χ2n) is 8.57. The molecule has 1 aliphatic rings. The number of hydrogen-bond donors (Lipinski definition) is 2. The van der Waals surface area contributed by atoms with Crippen LogP contribution in [-0.4, -0.2) is 40.8 Å². The van der Waals surface area contributed by atoms with Gasteiger partial charge in [0.2, 0.25) is 5.91 Å². The summed E-state index contributed by atoms with van der Waals surface area (Å²) < 4.78 is 10.8. The standard InChI is InChI=1S/C27H27N5O3/c1-4-16-7-5-6-8-19(16)21-15-23(21)27(33)28-18-10-11-20(22(14-18)26-29-31-32-30-26)17-9-12-24(34-2)25(13-17)35-3/h5-14,21,23H,4,15H2,1-3H3,(H,28,33)(H,29,30,31,32)/t21-,23+/m0/s1. The normalized spacial score (nSPS) is 16.5. The van der Waals surface area contributed by atoms with Crippen molar-refractivity contribution in [2.45, 2.75) is 25.7 Å². The highest BCUT2D eigenvalue weighted by atomic mass is 16.5. The van der Waals surface area contributed by atoms with Crippen molar-refractivity contribution in [2.75, 3.05) is 19.5 Å². The quantitative estimate of drug-likeness (QED) is 0.382. The van der Waals surface area contributed by atoms with Crippen LogP contribution in [0.15, 0.2) is 60.7 Å². The molecule has 1 aromatic heterocycles. The second kappa shape index (κ2) is 9.58. The van der Waals surface area contributed by atoms with Crippen LogP contribution in [0, 0.1) is 5.92 Å². The van der Waals surface area contributed by atoms with Gasteiger partial charge in [0.05, 0.1) is 14.2 Å². The maximum atomic E-state index is 13.1. The van der Waals surface area contributed by atoms with E-state index in [9.17, 15) is 4.79 Å². The van der Waals surface area contributed by atoms with Gasteiger partial charge in [-0.3, -0.25) is 4.79 Å². The third-order valence-electron chi connectivity index (χ3n) is 6.54. The molecule has 0 spiro atoms. The maximum Gasteiger partial charge on any atom is 0.228 e. The fourth-order valence-electron chi connectivity index (χ4n) is 4.63. The molecule has 3 aromatic carbocycles. The number of nitrogens with zero attached hydrogens (tertiary/aromatic N) is 3. The lowest BCUT2D eigenvalue weighted by atomic mass is 9.98. The number of anilines is 1. The van der Waals surface area contributed by atoms with Crippen molar-refractivity contribution < 1.29 is 14.3 Å². The van der Waals surface area contributed by atoms with E-state index in [4.69, 9.17) is 9.47 Å². The summed E-state index contributed by atoms with van der Waals surface area (Å²) in [5.74, 6) is 2.05. The Hall–Kier alpha value is -4.20. The number of benzene rings is 3. The fraction of sp³-hybridized carbons (Fsp3) is 0.259. The van der Waals surface area contributed by atoms with Crippen molar-refractivity contribution in [3.8, 4) is 34.0 Å². The summed E-state index contributed by atoms with van der Waals surface area (Å²) in [7, 11) is 3.21. The summed E-state index contributed by atoms with van der Waals surface area (Å²) in [4.78, 5) is 13.1. The van der Waals surface area contributed by atoms with E-state index >= 15 is 0 Å². The third kappa shape index (κ3) is 4.47. The Bertz CT molecular complexity index is 1350. The van der Waals surface area contributed by atoms with Crippen LogP contribution in [0.4, 0.5) is 5.69 Å². The first-order valence-electron chi connectivity index (χ1n) is 11.6. The Kier molecular flexibility index (Phi) is 6.18. The number of aromatic nitrogens is 4. The molecule has 8 heteroatoms. The molecule has 0 unspecified atom stereocenters. The molecule has 5 rings (SSSR count). The molecule has 2 N–H and O–H groups in total. The van der Waals surface area contributed by atoms with Gasteiger partial charge in [0.15, 0.2) is 17.3 Å². The topological polar surface area (TPSA) is 102 Å². The van der Waals surface area contributed by atoms with E-state index in [-0.39, 0.29) is 17.7 Å². The minimum absolute atomic E-state index is 0.0244. The molecule has 1 saturated carbocycles. The molecule has 2 atom stereocenters. The second-order valence-corrected chi connectivity index (χ2v) is 8.57. The number of carbonyl (C=O) groups excluding carboxylic acids is 1. The van der Waals surface area contributed by atoms with Crippen LogP contribution in [0.3, 0.4) is 0 Å². The molecule has 1 aliphatic carbocycles. The van der Waals surface area contributed by atoms with Crippen molar-refractivity contribution in [1.82, 2.24) is 20.6 Å². The molecular weight excluding hydrogens is 442 g/mol. The molecule has 8 nitrogen and oxygen atoms in total. The Balaban J connectivity index is 1.42. The minimum Gasteiger partial charge on any atom is -0.493 e. The number of tetrazole rings is 1. The van der Waals surface area contributed by atoms with Gasteiger partial charge in [-0.2, -0.15) is 0 Å². The number of H-pyrrole nitrogens is 1. The molecule has 0 radical (unpaired) electrons. The summed E-state index contributed by atoms with van der Waals surface area (Å²) in [5.41, 5.74) is 5.86. The van der Waals surface area contributed by atoms with Gasteiger partial charge in [-0.1, -0.05) is 43.3 Å². The zero-order chi connectivity index (χ0) is 24.4. The predicted molar refractivity (Wildman–Crippen MR) is 133 cm³/mol. The SMILES string of the molecule is CCc1ccccc1[C@@H]1C[C@H]1C(=O)Nc1ccc(-c2ccc(OC)c(OC)c2)c(-c2nnn[nH]2)c1. The average Bonchev–Trinajstić information content (AvgIpc) is 3.52. The lowest BCUT2D eigenvalue weighted by molar-refractivity contribution is -0.117. The van der Waals surface area contributed by atoms with Crippen LogP contribution in [-0.2, 0) is 11.2 Å². The average molecular weight is 470 g/mol. The number of ether oxygens (including phenoxy) is 2. The van der Waals surface area contributed by atoms with Crippen molar-refractivity contribution in [1.29, 1.82) is 0 Å². The van der Waals surface area contributed by atoms with E-state index in [1.807, 2.05) is 42.5 Å². The summed E-state index contributed by atoms with van der Waals surface area (Å²) >= 11 is 0. The molecule has 0 bridgehead atoms. The number of methoxy groups -OCH3 is 2. The van der Waals surface area contributed by atoms with Crippen LogP contribution in [0.5, 0.6) is 11.5 Å². The van der Waals surface area contributed by atoms with Crippen LogP contribution in [0.2, 0.25) is 0 Å². The van der Waals surface area contributed by atoms with E-state index in [1.165, 1.54) is 11.1 Å². The molecule has 1 heterocycles. The minimum atomic E-state index is -0.0244. The molecule has 1 amide bonds. The molecule has 0 saturated heterocycles. The molecule has 178 valence electrons. The first-order chi connectivity index (χ1) is 17.1. The molecule has 1 fully saturated rings. The summed E-state index contributed by atoms with van der Waals surface area (Å²) in [6.45, 7) is 2.15. The number of nitrogens with one attached hydrogen (secondary N) is 2. The summed E-state index contributed by atoms with van der Waals surface area (Å²) in [5, 5.41) is 17.5. The Labute approximate surface area is 203 Å². The van der Waals surface area contributed by atoms with Gasteiger partial charge < -0.3 is 14.8 Å². The lowest BCUT2D eigenvalue weighted by Crippen LogP contribution is -2.15. The highest BCUT2D eigenvalue weighted by molar-refractivity contribution is 5.97. The summed E-state index contributed by atoms with van der Waals surface area (Å²) in [6.07, 6.45) is 1.83. The molecular formula is C27H27N5O3. The van der Waals surface area contributed by atoms with Crippen molar-refractivity contribution >= 4 is 11.6 Å². The molecule has 0 aliphatic heterocycles. The van der Waals surface area contributed by atoms with E-state index in [2.05, 4.69) is 51.1 Å². The fourth-order valence-corrected chi connectivity index (χ4v) is 4.63. The lowest BCUT2D eigenvalue weighted by Gasteiger charge is -2.14. The van der Waals surface area contributed by atoms with Gasteiger partial charge in [0, 0.05) is 17.2 Å². The van der Waals surface area contributed by atoms with E-state index in [0.29, 0.717) is 23.0 Å². The number of aromatic amines is 1. The van der Waals surface area contributed by atoms with Crippen molar-refractivity contribution in [2.24, 2.45) is 5.92 Å². The third-order valence-corrected chi connectivity index (χ3v) is 6.54. The molecule has 35 heavy (non-hydrogen) atoms. The van der Waals surface area contributed by atoms with Crippen LogP contribution < -0.4 is 14.8 Å². The highest BCUT2D eigenvalue weighted by Crippen LogP contribution is 2.49. The first-order valence-corrected chi connectivity index (χ1v) is 11.6. The van der Waals surface area contributed by atoms with Crippen LogP contribution in [0.25, 0.3) is 22.5 Å². The van der Waals surface area contributed by atoms with E-state index in [0.717, 1.165) is 29.5 Å². The largest absolute Gasteiger partial charge is 0.493 e. The number of hydrogen-bond acceptors (Lipinski definition) is 6. The number of rotatable bonds is 8. The van der Waals surface area contributed by atoms with E-state index in [1.54, 1.807) is 14.2 Å². The van der Waals surface area contributed by atoms with E-state index < -0.39 is 0 Å². The van der Waals surface area contributed by atoms with Crippen molar-refractivity contribution in [3.05, 3.63) is 71.8 Å².